The molecule has 0 spiro atoms. The number of carbonyl (C=O) groups is 1. The minimum atomic E-state index is -0.646. The SMILES string of the molecule is Cl.O=C(Cl)C1CC(c2cccnc2)=NO1. The fraction of sp³-hybridized carbons (Fsp3) is 0.222. The molecular weight excluding hydrogens is 239 g/mol. The molecule has 0 saturated heterocycles. The number of halogens is 2. The summed E-state index contributed by atoms with van der Waals surface area (Å²) < 4.78 is 0. The highest BCUT2D eigenvalue weighted by Gasteiger charge is 2.27. The minimum Gasteiger partial charge on any atom is -0.382 e. The summed E-state index contributed by atoms with van der Waals surface area (Å²) >= 11 is 5.28. The molecule has 0 amide bonds. The van der Waals surface area contributed by atoms with E-state index in [2.05, 4.69) is 10.1 Å². The second-order valence-electron chi connectivity index (χ2n) is 2.88. The van der Waals surface area contributed by atoms with E-state index in [1.165, 1.54) is 0 Å². The topological polar surface area (TPSA) is 51.5 Å². The van der Waals surface area contributed by atoms with Crippen molar-refractivity contribution in [1.82, 2.24) is 4.98 Å². The highest BCUT2D eigenvalue weighted by atomic mass is 35.5. The van der Waals surface area contributed by atoms with Crippen molar-refractivity contribution in [2.24, 2.45) is 5.16 Å². The van der Waals surface area contributed by atoms with Gasteiger partial charge in [0, 0.05) is 24.4 Å². The number of rotatable bonds is 2. The monoisotopic (exact) mass is 246 g/mol. The molecule has 1 atom stereocenters. The van der Waals surface area contributed by atoms with Gasteiger partial charge in [-0.25, -0.2) is 0 Å². The van der Waals surface area contributed by atoms with Crippen LogP contribution >= 0.6 is 24.0 Å². The second-order valence-corrected chi connectivity index (χ2v) is 3.25. The first-order chi connectivity index (χ1) is 6.77. The Balaban J connectivity index is 0.00000112. The van der Waals surface area contributed by atoms with E-state index in [-0.39, 0.29) is 12.4 Å². The van der Waals surface area contributed by atoms with Crippen LogP contribution in [0.5, 0.6) is 0 Å². The van der Waals surface area contributed by atoms with Gasteiger partial charge in [-0.15, -0.1) is 12.4 Å². The Kier molecular flexibility index (Phi) is 4.05. The van der Waals surface area contributed by atoms with E-state index in [1.54, 1.807) is 18.5 Å². The molecule has 15 heavy (non-hydrogen) atoms. The van der Waals surface area contributed by atoms with Crippen LogP contribution in [0.2, 0.25) is 0 Å². The molecule has 1 unspecified atom stereocenters. The van der Waals surface area contributed by atoms with E-state index in [0.29, 0.717) is 12.1 Å². The number of hydrogen-bond donors (Lipinski definition) is 0. The van der Waals surface area contributed by atoms with Crippen LogP contribution in [0.1, 0.15) is 12.0 Å². The van der Waals surface area contributed by atoms with Crippen LogP contribution in [0.25, 0.3) is 0 Å². The maximum Gasteiger partial charge on any atom is 0.265 e. The van der Waals surface area contributed by atoms with Gasteiger partial charge in [0.05, 0.1) is 5.71 Å². The van der Waals surface area contributed by atoms with Crippen LogP contribution in [0.4, 0.5) is 0 Å². The Labute approximate surface area is 97.7 Å². The van der Waals surface area contributed by atoms with E-state index in [0.717, 1.165) is 5.56 Å². The van der Waals surface area contributed by atoms with Gasteiger partial charge in [0.2, 0.25) is 6.10 Å². The van der Waals surface area contributed by atoms with Gasteiger partial charge in [-0.2, -0.15) is 0 Å². The fourth-order valence-electron chi connectivity index (χ4n) is 1.20. The van der Waals surface area contributed by atoms with E-state index in [4.69, 9.17) is 16.4 Å². The molecule has 0 saturated carbocycles. The van der Waals surface area contributed by atoms with Gasteiger partial charge in [0.1, 0.15) is 0 Å². The first-order valence-corrected chi connectivity index (χ1v) is 4.47. The summed E-state index contributed by atoms with van der Waals surface area (Å²) in [4.78, 5) is 19.6. The van der Waals surface area contributed by atoms with Gasteiger partial charge in [0.15, 0.2) is 0 Å². The number of pyridine rings is 1. The van der Waals surface area contributed by atoms with Crippen molar-refractivity contribution in [3.63, 3.8) is 0 Å². The molecular formula is C9H8Cl2N2O2. The Morgan fingerprint density at radius 3 is 2.93 bits per heavy atom. The van der Waals surface area contributed by atoms with Gasteiger partial charge < -0.3 is 4.84 Å². The van der Waals surface area contributed by atoms with Crippen LogP contribution in [-0.2, 0) is 9.63 Å². The molecule has 4 nitrogen and oxygen atoms in total. The molecule has 80 valence electrons. The van der Waals surface area contributed by atoms with E-state index < -0.39 is 11.3 Å². The number of carbonyl (C=O) groups excluding carboxylic acids is 1. The number of nitrogens with zero attached hydrogens (tertiary/aromatic N) is 2. The van der Waals surface area contributed by atoms with Crippen molar-refractivity contribution in [3.05, 3.63) is 30.1 Å². The first-order valence-electron chi connectivity index (χ1n) is 4.10. The normalized spacial score (nSPS) is 18.7. The summed E-state index contributed by atoms with van der Waals surface area (Å²) in [5, 5.41) is 3.26. The Morgan fingerprint density at radius 2 is 2.40 bits per heavy atom. The highest BCUT2D eigenvalue weighted by Crippen LogP contribution is 2.17. The molecule has 2 heterocycles. The minimum absolute atomic E-state index is 0. The van der Waals surface area contributed by atoms with Crippen molar-refractivity contribution in [1.29, 1.82) is 0 Å². The van der Waals surface area contributed by atoms with Gasteiger partial charge >= 0.3 is 0 Å². The zero-order chi connectivity index (χ0) is 9.97. The maximum atomic E-state index is 10.8. The Hall–Kier alpha value is -1.13. The van der Waals surface area contributed by atoms with E-state index in [9.17, 15) is 4.79 Å². The summed E-state index contributed by atoms with van der Waals surface area (Å²) in [7, 11) is 0. The fourth-order valence-corrected chi connectivity index (χ4v) is 1.32. The van der Waals surface area contributed by atoms with Crippen LogP contribution in [0.15, 0.2) is 29.7 Å². The summed E-state index contributed by atoms with van der Waals surface area (Å²) in [6.07, 6.45) is 3.10. The van der Waals surface area contributed by atoms with Gasteiger partial charge in [-0.3, -0.25) is 9.78 Å². The summed E-state index contributed by atoms with van der Waals surface area (Å²) in [6.45, 7) is 0. The summed E-state index contributed by atoms with van der Waals surface area (Å²) in [6, 6.07) is 3.66. The molecule has 0 bridgehead atoms. The van der Waals surface area contributed by atoms with E-state index in [1.807, 2.05) is 6.07 Å². The van der Waals surface area contributed by atoms with Crippen molar-refractivity contribution in [3.8, 4) is 0 Å². The highest BCUT2D eigenvalue weighted by molar-refractivity contribution is 6.64. The third kappa shape index (κ3) is 2.67. The predicted molar refractivity (Wildman–Crippen MR) is 58.4 cm³/mol. The van der Waals surface area contributed by atoms with Crippen LogP contribution in [-0.4, -0.2) is 22.0 Å². The van der Waals surface area contributed by atoms with Gasteiger partial charge in [-0.1, -0.05) is 5.16 Å². The molecule has 2 rings (SSSR count). The molecule has 0 radical (unpaired) electrons. The lowest BCUT2D eigenvalue weighted by atomic mass is 10.1. The third-order valence-electron chi connectivity index (χ3n) is 1.92. The van der Waals surface area contributed by atoms with Crippen molar-refractivity contribution in [2.45, 2.75) is 12.5 Å². The van der Waals surface area contributed by atoms with Crippen molar-refractivity contribution >= 4 is 35.0 Å². The molecule has 1 aromatic heterocycles. The molecule has 1 aliphatic heterocycles. The lowest BCUT2D eigenvalue weighted by molar-refractivity contribution is -0.120. The summed E-state index contributed by atoms with van der Waals surface area (Å²) in [5.74, 6) is 0. The average Bonchev–Trinajstić information content (AvgIpc) is 2.68. The predicted octanol–water partition coefficient (Wildman–Crippen LogP) is 1.76. The molecule has 0 N–H and O–H groups in total. The Morgan fingerprint density at radius 1 is 1.60 bits per heavy atom. The van der Waals surface area contributed by atoms with Crippen molar-refractivity contribution in [2.75, 3.05) is 0 Å². The van der Waals surface area contributed by atoms with Crippen molar-refractivity contribution < 1.29 is 9.63 Å². The first kappa shape index (κ1) is 11.9. The molecule has 6 heteroatoms. The van der Waals surface area contributed by atoms with Gasteiger partial charge in [-0.05, 0) is 23.7 Å². The number of oxime groups is 1. The number of aromatic nitrogens is 1. The lowest BCUT2D eigenvalue weighted by Gasteiger charge is -1.99. The number of hydrogen-bond acceptors (Lipinski definition) is 4. The largest absolute Gasteiger partial charge is 0.382 e. The molecule has 0 aromatic carbocycles. The average molecular weight is 247 g/mol. The maximum absolute atomic E-state index is 10.8. The lowest BCUT2D eigenvalue weighted by Crippen LogP contribution is -2.15. The zero-order valence-electron chi connectivity index (χ0n) is 7.59. The van der Waals surface area contributed by atoms with Crippen LogP contribution < -0.4 is 0 Å². The standard InChI is InChI=1S/C9H7ClN2O2.ClH/c10-9(13)8-4-7(12-14-8)6-2-1-3-11-5-6;/h1-3,5,8H,4H2;1H. The van der Waals surface area contributed by atoms with Crippen LogP contribution in [0.3, 0.4) is 0 Å². The zero-order valence-corrected chi connectivity index (χ0v) is 9.16. The quantitative estimate of drug-likeness (QED) is 0.748. The van der Waals surface area contributed by atoms with Crippen LogP contribution in [0, 0.1) is 0 Å². The third-order valence-corrected chi connectivity index (χ3v) is 2.16. The second kappa shape index (κ2) is 5.09. The smallest absolute Gasteiger partial charge is 0.265 e. The molecule has 1 aromatic rings. The van der Waals surface area contributed by atoms with Gasteiger partial charge in [0.25, 0.3) is 5.24 Å². The molecule has 0 fully saturated rings. The Bertz CT molecular complexity index is 381. The molecule has 0 aliphatic carbocycles. The molecule has 1 aliphatic rings. The van der Waals surface area contributed by atoms with E-state index >= 15 is 0 Å². The summed E-state index contributed by atoms with van der Waals surface area (Å²) in [5.41, 5.74) is 1.56.